The van der Waals surface area contributed by atoms with Crippen molar-refractivity contribution in [1.82, 2.24) is 4.90 Å². The van der Waals surface area contributed by atoms with Crippen LogP contribution in [0.15, 0.2) is 76.0 Å². The average molecular weight is 384 g/mol. The van der Waals surface area contributed by atoms with E-state index in [9.17, 15) is 13.2 Å². The summed E-state index contributed by atoms with van der Waals surface area (Å²) < 4.78 is 32.9. The minimum Gasteiger partial charge on any atom is -0.464 e. The van der Waals surface area contributed by atoms with E-state index in [0.717, 1.165) is 5.76 Å². The van der Waals surface area contributed by atoms with Crippen LogP contribution < -0.4 is 4.72 Å². The molecular weight excluding hydrogens is 364 g/mol. The molecule has 0 saturated carbocycles. The second kappa shape index (κ2) is 7.67. The molecule has 0 aliphatic heterocycles. The average Bonchev–Trinajstić information content (AvgIpc) is 3.06. The topological polar surface area (TPSA) is 79.6 Å². The highest BCUT2D eigenvalue weighted by Gasteiger charge is 2.17. The van der Waals surface area contributed by atoms with E-state index in [4.69, 9.17) is 4.42 Å². The molecule has 0 radical (unpaired) electrons. The number of aryl methyl sites for hydroxylation is 1. The molecule has 140 valence electrons. The van der Waals surface area contributed by atoms with Gasteiger partial charge in [0.05, 0.1) is 11.4 Å². The number of hydrogen-bond donors (Lipinski definition) is 1. The fourth-order valence-corrected chi connectivity index (χ4v) is 3.70. The Hall–Kier alpha value is -3.06. The van der Waals surface area contributed by atoms with Crippen molar-refractivity contribution < 1.29 is 17.6 Å². The molecule has 6 nitrogen and oxygen atoms in total. The maximum atomic E-state index is 12.7. The first kappa shape index (κ1) is 18.7. The molecule has 2 aromatic carbocycles. The normalized spacial score (nSPS) is 11.2. The third kappa shape index (κ3) is 4.57. The van der Waals surface area contributed by atoms with E-state index in [-0.39, 0.29) is 10.8 Å². The van der Waals surface area contributed by atoms with Gasteiger partial charge < -0.3 is 9.32 Å². The molecule has 3 aromatic rings. The minimum atomic E-state index is -3.71. The van der Waals surface area contributed by atoms with Gasteiger partial charge in [-0.2, -0.15) is 0 Å². The van der Waals surface area contributed by atoms with Gasteiger partial charge in [-0.3, -0.25) is 9.52 Å². The highest BCUT2D eigenvalue weighted by Crippen LogP contribution is 2.18. The van der Waals surface area contributed by atoms with Crippen LogP contribution in [0.1, 0.15) is 21.9 Å². The van der Waals surface area contributed by atoms with E-state index in [2.05, 4.69) is 4.72 Å². The van der Waals surface area contributed by atoms with Gasteiger partial charge in [-0.05, 0) is 49.4 Å². The molecule has 0 aliphatic carbocycles. The molecule has 0 saturated heterocycles. The van der Waals surface area contributed by atoms with Crippen LogP contribution in [0.3, 0.4) is 0 Å². The van der Waals surface area contributed by atoms with Crippen molar-refractivity contribution in [3.63, 3.8) is 0 Å². The lowest BCUT2D eigenvalue weighted by molar-refractivity contribution is 0.0775. The molecule has 0 bridgehead atoms. The summed E-state index contributed by atoms with van der Waals surface area (Å²) in [6.45, 7) is 2.17. The van der Waals surface area contributed by atoms with Crippen molar-refractivity contribution >= 4 is 21.6 Å². The molecule has 0 unspecified atom stereocenters. The minimum absolute atomic E-state index is 0.159. The Labute approximate surface area is 158 Å². The van der Waals surface area contributed by atoms with Gasteiger partial charge >= 0.3 is 0 Å². The van der Waals surface area contributed by atoms with Gasteiger partial charge in [-0.25, -0.2) is 8.42 Å². The summed E-state index contributed by atoms with van der Waals surface area (Å²) in [5.74, 6) is 1.23. The summed E-state index contributed by atoms with van der Waals surface area (Å²) in [6.07, 6.45) is 0. The van der Waals surface area contributed by atoms with Crippen molar-refractivity contribution in [1.29, 1.82) is 0 Å². The molecule has 7 heteroatoms. The lowest BCUT2D eigenvalue weighted by atomic mass is 10.2. The number of carbonyl (C=O) groups is 1. The summed E-state index contributed by atoms with van der Waals surface area (Å²) in [5.41, 5.74) is 0.709. The maximum Gasteiger partial charge on any atom is 0.261 e. The van der Waals surface area contributed by atoms with E-state index in [0.29, 0.717) is 23.6 Å². The van der Waals surface area contributed by atoms with Gasteiger partial charge in [0.15, 0.2) is 0 Å². The molecule has 0 fully saturated rings. The summed E-state index contributed by atoms with van der Waals surface area (Å²) >= 11 is 0. The number of amides is 1. The number of anilines is 1. The van der Waals surface area contributed by atoms with E-state index in [1.165, 1.54) is 23.1 Å². The molecular formula is C20H20N2O4S. The maximum absolute atomic E-state index is 12.7. The van der Waals surface area contributed by atoms with Crippen LogP contribution in [0.2, 0.25) is 0 Å². The second-order valence-corrected chi connectivity index (χ2v) is 7.86. The Morgan fingerprint density at radius 1 is 1.04 bits per heavy atom. The number of carbonyl (C=O) groups excluding carboxylic acids is 1. The SMILES string of the molecule is Cc1ccc(CN(C)C(=O)c2cccc(NS(=O)(=O)c3ccccc3)c2)o1. The standard InChI is InChI=1S/C20H20N2O4S/c1-15-11-12-18(26-15)14-22(2)20(23)16-7-6-8-17(13-16)21-27(24,25)19-9-4-3-5-10-19/h3-13,21H,14H2,1-2H3. The third-order valence-electron chi connectivity index (χ3n) is 3.95. The van der Waals surface area contributed by atoms with Crippen molar-refractivity contribution in [3.8, 4) is 0 Å². The predicted octanol–water partition coefficient (Wildman–Crippen LogP) is 3.66. The number of benzene rings is 2. The monoisotopic (exact) mass is 384 g/mol. The number of nitrogens with zero attached hydrogens (tertiary/aromatic N) is 1. The van der Waals surface area contributed by atoms with Crippen molar-refractivity contribution in [2.24, 2.45) is 0 Å². The molecule has 0 aliphatic rings. The van der Waals surface area contributed by atoms with Crippen molar-refractivity contribution in [2.75, 3.05) is 11.8 Å². The van der Waals surface area contributed by atoms with Crippen molar-refractivity contribution in [2.45, 2.75) is 18.4 Å². The Kier molecular flexibility index (Phi) is 5.32. The molecule has 1 amide bonds. The molecule has 0 atom stereocenters. The second-order valence-electron chi connectivity index (χ2n) is 6.17. The zero-order valence-corrected chi connectivity index (χ0v) is 15.9. The van der Waals surface area contributed by atoms with Gasteiger partial charge in [-0.1, -0.05) is 24.3 Å². The Morgan fingerprint density at radius 3 is 2.44 bits per heavy atom. The Balaban J connectivity index is 1.76. The van der Waals surface area contributed by atoms with E-state index in [1.807, 2.05) is 19.1 Å². The number of sulfonamides is 1. The molecule has 1 aromatic heterocycles. The fourth-order valence-electron chi connectivity index (χ4n) is 2.63. The van der Waals surface area contributed by atoms with E-state index in [1.54, 1.807) is 43.4 Å². The zero-order valence-electron chi connectivity index (χ0n) is 15.0. The highest BCUT2D eigenvalue weighted by molar-refractivity contribution is 7.92. The largest absolute Gasteiger partial charge is 0.464 e. The molecule has 1 N–H and O–H groups in total. The first-order chi connectivity index (χ1) is 12.8. The highest BCUT2D eigenvalue weighted by atomic mass is 32.2. The number of rotatable bonds is 6. The van der Waals surface area contributed by atoms with Crippen LogP contribution in [0, 0.1) is 6.92 Å². The summed E-state index contributed by atoms with van der Waals surface area (Å²) in [7, 11) is -2.04. The third-order valence-corrected chi connectivity index (χ3v) is 5.35. The smallest absolute Gasteiger partial charge is 0.261 e. The van der Waals surface area contributed by atoms with Crippen LogP contribution in [0.25, 0.3) is 0 Å². The molecule has 0 spiro atoms. The Morgan fingerprint density at radius 2 is 1.78 bits per heavy atom. The Bertz CT molecular complexity index is 1040. The summed E-state index contributed by atoms with van der Waals surface area (Å²) in [5, 5.41) is 0. The van der Waals surface area contributed by atoms with Crippen LogP contribution in [-0.4, -0.2) is 26.3 Å². The first-order valence-corrected chi connectivity index (χ1v) is 9.82. The molecule has 27 heavy (non-hydrogen) atoms. The van der Waals surface area contributed by atoms with E-state index >= 15 is 0 Å². The summed E-state index contributed by atoms with van der Waals surface area (Å²) in [4.78, 5) is 14.3. The lowest BCUT2D eigenvalue weighted by Crippen LogP contribution is -2.26. The van der Waals surface area contributed by atoms with Crippen molar-refractivity contribution in [3.05, 3.63) is 83.8 Å². The van der Waals surface area contributed by atoms with E-state index < -0.39 is 10.0 Å². The van der Waals surface area contributed by atoms with Crippen LogP contribution in [0.5, 0.6) is 0 Å². The van der Waals surface area contributed by atoms with Gasteiger partial charge in [0.2, 0.25) is 0 Å². The lowest BCUT2D eigenvalue weighted by Gasteiger charge is -2.16. The predicted molar refractivity (Wildman–Crippen MR) is 103 cm³/mol. The summed E-state index contributed by atoms with van der Waals surface area (Å²) in [6, 6.07) is 18.1. The van der Waals surface area contributed by atoms with Crippen LogP contribution in [0.4, 0.5) is 5.69 Å². The van der Waals surface area contributed by atoms with Gasteiger partial charge in [0.1, 0.15) is 11.5 Å². The van der Waals surface area contributed by atoms with Gasteiger partial charge in [0, 0.05) is 18.3 Å². The number of nitrogens with one attached hydrogen (secondary N) is 1. The first-order valence-electron chi connectivity index (χ1n) is 8.34. The van der Waals surface area contributed by atoms with Gasteiger partial charge in [-0.15, -0.1) is 0 Å². The van der Waals surface area contributed by atoms with Gasteiger partial charge in [0.25, 0.3) is 15.9 Å². The molecule has 3 rings (SSSR count). The fraction of sp³-hybridized carbons (Fsp3) is 0.150. The zero-order chi connectivity index (χ0) is 19.4. The van der Waals surface area contributed by atoms with Crippen LogP contribution >= 0.6 is 0 Å². The molecule has 1 heterocycles. The number of furan rings is 1. The quantitative estimate of drug-likeness (QED) is 0.703. The number of hydrogen-bond acceptors (Lipinski definition) is 4. The van der Waals surface area contributed by atoms with Crippen LogP contribution in [-0.2, 0) is 16.6 Å².